The molecule has 0 saturated carbocycles. The molecule has 6 heteroatoms. The minimum Gasteiger partial charge on any atom is -0.488 e. The molecule has 2 amide bonds. The van der Waals surface area contributed by atoms with Crippen molar-refractivity contribution in [2.45, 2.75) is 26.0 Å². The predicted molar refractivity (Wildman–Crippen MR) is 79.5 cm³/mol. The van der Waals surface area contributed by atoms with Crippen molar-refractivity contribution in [2.75, 3.05) is 11.9 Å². The fraction of sp³-hybridized carbons (Fsp3) is 0.333. The molecule has 110 valence electrons. The number of nitrogens with zero attached hydrogens (tertiary/aromatic N) is 2. The van der Waals surface area contributed by atoms with E-state index in [0.717, 1.165) is 18.7 Å². The van der Waals surface area contributed by atoms with Crippen molar-refractivity contribution in [1.82, 2.24) is 15.1 Å². The van der Waals surface area contributed by atoms with Gasteiger partial charge in [-0.15, -0.1) is 0 Å². The third-order valence-corrected chi connectivity index (χ3v) is 3.42. The summed E-state index contributed by atoms with van der Waals surface area (Å²) in [4.78, 5) is 11.8. The Morgan fingerprint density at radius 2 is 2.33 bits per heavy atom. The van der Waals surface area contributed by atoms with Crippen molar-refractivity contribution in [3.8, 4) is 5.75 Å². The summed E-state index contributed by atoms with van der Waals surface area (Å²) >= 11 is 0. The smallest absolute Gasteiger partial charge is 0.319 e. The average molecular weight is 286 g/mol. The first-order chi connectivity index (χ1) is 10.2. The molecule has 2 aromatic rings. The zero-order valence-electron chi connectivity index (χ0n) is 11.9. The molecule has 1 aliphatic heterocycles. The highest BCUT2D eigenvalue weighted by atomic mass is 16.5. The predicted octanol–water partition coefficient (Wildman–Crippen LogP) is 2.03. The van der Waals surface area contributed by atoms with Crippen molar-refractivity contribution in [3.63, 3.8) is 0 Å². The van der Waals surface area contributed by atoms with Crippen LogP contribution in [0.5, 0.6) is 5.75 Å². The summed E-state index contributed by atoms with van der Waals surface area (Å²) in [5.41, 5.74) is 1.87. The van der Waals surface area contributed by atoms with Crippen LogP contribution in [0, 0.1) is 0 Å². The molecule has 1 aromatic carbocycles. The van der Waals surface area contributed by atoms with E-state index >= 15 is 0 Å². The molecule has 1 unspecified atom stereocenters. The van der Waals surface area contributed by atoms with E-state index < -0.39 is 0 Å². The fourth-order valence-electron chi connectivity index (χ4n) is 2.35. The van der Waals surface area contributed by atoms with Gasteiger partial charge in [-0.05, 0) is 18.6 Å². The summed E-state index contributed by atoms with van der Waals surface area (Å²) in [6, 6.07) is 7.71. The quantitative estimate of drug-likeness (QED) is 0.903. The van der Waals surface area contributed by atoms with Crippen LogP contribution in [0.15, 0.2) is 36.7 Å². The molecule has 3 rings (SSSR count). The number of para-hydroxylation sites is 1. The van der Waals surface area contributed by atoms with Crippen LogP contribution in [0.25, 0.3) is 0 Å². The molecule has 2 heterocycles. The monoisotopic (exact) mass is 286 g/mol. The maximum Gasteiger partial charge on any atom is 0.319 e. The van der Waals surface area contributed by atoms with Crippen LogP contribution < -0.4 is 15.4 Å². The van der Waals surface area contributed by atoms with Crippen molar-refractivity contribution >= 4 is 11.7 Å². The van der Waals surface area contributed by atoms with Crippen molar-refractivity contribution in [2.24, 2.45) is 0 Å². The van der Waals surface area contributed by atoms with Crippen LogP contribution >= 0.6 is 0 Å². The van der Waals surface area contributed by atoms with E-state index in [9.17, 15) is 4.79 Å². The molecule has 0 saturated heterocycles. The van der Waals surface area contributed by atoms with Gasteiger partial charge in [-0.1, -0.05) is 18.2 Å². The molecule has 21 heavy (non-hydrogen) atoms. The minimum atomic E-state index is -0.245. The number of rotatable bonds is 4. The number of hydrogen-bond acceptors (Lipinski definition) is 3. The Labute approximate surface area is 123 Å². The maximum atomic E-state index is 11.8. The van der Waals surface area contributed by atoms with Crippen LogP contribution in [-0.4, -0.2) is 28.5 Å². The molecule has 1 atom stereocenters. The summed E-state index contributed by atoms with van der Waals surface area (Å²) < 4.78 is 7.53. The Hall–Kier alpha value is -2.50. The Morgan fingerprint density at radius 3 is 3.10 bits per heavy atom. The highest BCUT2D eigenvalue weighted by molar-refractivity contribution is 5.88. The highest BCUT2D eigenvalue weighted by Gasteiger charge is 2.22. The Balaban J connectivity index is 1.47. The highest BCUT2D eigenvalue weighted by Crippen LogP contribution is 2.27. The van der Waals surface area contributed by atoms with Crippen molar-refractivity contribution in [3.05, 3.63) is 42.2 Å². The van der Waals surface area contributed by atoms with Crippen LogP contribution in [0.2, 0.25) is 0 Å². The molecule has 2 N–H and O–H groups in total. The lowest BCUT2D eigenvalue weighted by Gasteiger charge is -2.12. The van der Waals surface area contributed by atoms with Gasteiger partial charge in [0, 0.05) is 19.2 Å². The summed E-state index contributed by atoms with van der Waals surface area (Å²) in [5.74, 6) is 0.911. The zero-order chi connectivity index (χ0) is 14.7. The van der Waals surface area contributed by atoms with Gasteiger partial charge in [0.05, 0.1) is 18.4 Å². The summed E-state index contributed by atoms with van der Waals surface area (Å²) in [6.45, 7) is 3.24. The lowest BCUT2D eigenvalue weighted by atomic mass is 10.1. The molecule has 0 spiro atoms. The van der Waals surface area contributed by atoms with E-state index in [1.807, 2.05) is 25.1 Å². The summed E-state index contributed by atoms with van der Waals surface area (Å²) in [5, 5.41) is 9.68. The number of fused-ring (bicyclic) bond motifs is 1. The number of carbonyl (C=O) groups excluding carboxylic acids is 1. The molecule has 0 fully saturated rings. The van der Waals surface area contributed by atoms with E-state index in [1.54, 1.807) is 17.1 Å². The Morgan fingerprint density at radius 1 is 1.48 bits per heavy atom. The van der Waals surface area contributed by atoms with Crippen LogP contribution in [0.3, 0.4) is 0 Å². The van der Waals surface area contributed by atoms with Crippen LogP contribution in [0.1, 0.15) is 12.5 Å². The lowest BCUT2D eigenvalue weighted by Crippen LogP contribution is -2.37. The summed E-state index contributed by atoms with van der Waals surface area (Å²) in [6.07, 6.45) is 4.24. The molecular formula is C15H18N4O2. The number of benzene rings is 1. The van der Waals surface area contributed by atoms with Gasteiger partial charge in [-0.2, -0.15) is 5.10 Å². The molecule has 1 aliphatic rings. The van der Waals surface area contributed by atoms with Gasteiger partial charge in [-0.25, -0.2) is 4.79 Å². The number of carbonyl (C=O) groups is 1. The fourth-order valence-corrected chi connectivity index (χ4v) is 2.35. The lowest BCUT2D eigenvalue weighted by molar-refractivity contribution is 0.219. The first-order valence-corrected chi connectivity index (χ1v) is 7.06. The van der Waals surface area contributed by atoms with E-state index in [2.05, 4.69) is 21.8 Å². The van der Waals surface area contributed by atoms with Crippen molar-refractivity contribution in [1.29, 1.82) is 0 Å². The number of ether oxygens (including phenoxy) is 1. The number of aromatic nitrogens is 2. The van der Waals surface area contributed by atoms with E-state index in [1.165, 1.54) is 5.56 Å². The van der Waals surface area contributed by atoms with E-state index in [4.69, 9.17) is 4.74 Å². The van der Waals surface area contributed by atoms with Gasteiger partial charge >= 0.3 is 6.03 Å². The SMILES string of the molecule is CCn1cc(NC(=O)NCC2Cc3ccccc3O2)cn1. The third-order valence-electron chi connectivity index (χ3n) is 3.42. The van der Waals surface area contributed by atoms with Crippen LogP contribution in [-0.2, 0) is 13.0 Å². The Bertz CT molecular complexity index is 613. The molecule has 0 bridgehead atoms. The molecule has 0 aliphatic carbocycles. The van der Waals surface area contributed by atoms with E-state index in [0.29, 0.717) is 12.2 Å². The number of hydrogen-bond donors (Lipinski definition) is 2. The van der Waals surface area contributed by atoms with Gasteiger partial charge in [0.15, 0.2) is 0 Å². The average Bonchev–Trinajstić information content (AvgIpc) is 3.10. The maximum absolute atomic E-state index is 11.8. The number of anilines is 1. The van der Waals surface area contributed by atoms with Gasteiger partial charge in [0.25, 0.3) is 0 Å². The van der Waals surface area contributed by atoms with E-state index in [-0.39, 0.29) is 12.1 Å². The number of nitrogens with one attached hydrogen (secondary N) is 2. The third kappa shape index (κ3) is 3.16. The second kappa shape index (κ2) is 5.87. The van der Waals surface area contributed by atoms with Crippen molar-refractivity contribution < 1.29 is 9.53 Å². The minimum absolute atomic E-state index is 0.00786. The normalized spacial score (nSPS) is 16.1. The first-order valence-electron chi connectivity index (χ1n) is 7.06. The second-order valence-electron chi connectivity index (χ2n) is 4.97. The van der Waals surface area contributed by atoms with Gasteiger partial charge in [-0.3, -0.25) is 4.68 Å². The second-order valence-corrected chi connectivity index (χ2v) is 4.97. The van der Waals surface area contributed by atoms with Gasteiger partial charge in [0.2, 0.25) is 0 Å². The largest absolute Gasteiger partial charge is 0.488 e. The topological polar surface area (TPSA) is 68.2 Å². The zero-order valence-corrected chi connectivity index (χ0v) is 11.9. The molecule has 0 radical (unpaired) electrons. The molecule has 1 aromatic heterocycles. The molecule has 6 nitrogen and oxygen atoms in total. The first kappa shape index (κ1) is 13.5. The summed E-state index contributed by atoms with van der Waals surface area (Å²) in [7, 11) is 0. The number of aryl methyl sites for hydroxylation is 1. The van der Waals surface area contributed by atoms with Gasteiger partial charge in [0.1, 0.15) is 11.9 Å². The number of amides is 2. The van der Waals surface area contributed by atoms with Crippen LogP contribution in [0.4, 0.5) is 10.5 Å². The standard InChI is InChI=1S/C15H18N4O2/c1-2-19-10-12(8-17-19)18-15(20)16-9-13-7-11-5-3-4-6-14(11)21-13/h3-6,8,10,13H,2,7,9H2,1H3,(H2,16,18,20). The van der Waals surface area contributed by atoms with Gasteiger partial charge < -0.3 is 15.4 Å². The number of urea groups is 1. The Kier molecular flexibility index (Phi) is 3.77. The molecular weight excluding hydrogens is 268 g/mol.